The van der Waals surface area contributed by atoms with Crippen molar-refractivity contribution in [2.45, 2.75) is 25.3 Å². The lowest BCUT2D eigenvalue weighted by molar-refractivity contribution is 0.466. The zero-order valence-electron chi connectivity index (χ0n) is 12.3. The number of benzene rings is 2. The van der Waals surface area contributed by atoms with Gasteiger partial charge in [-0.3, -0.25) is 0 Å². The molecule has 2 aromatic rings. The quantitative estimate of drug-likeness (QED) is 0.821. The van der Waals surface area contributed by atoms with Crippen molar-refractivity contribution in [2.75, 3.05) is 7.05 Å². The average Bonchev–Trinajstić information content (AvgIpc) is 2.41. The molecule has 0 spiro atoms. The molecule has 3 nitrogen and oxygen atoms in total. The SMILES string of the molecule is Cc1cccc(CN(C)S(=O)(=O)c2cc(Br)ccc2C)c1. The minimum absolute atomic E-state index is 0.340. The van der Waals surface area contributed by atoms with Gasteiger partial charge in [0.15, 0.2) is 0 Å². The molecule has 0 atom stereocenters. The second-order valence-corrected chi connectivity index (χ2v) is 8.09. The Hall–Kier alpha value is -1.17. The van der Waals surface area contributed by atoms with Gasteiger partial charge in [-0.2, -0.15) is 4.31 Å². The summed E-state index contributed by atoms with van der Waals surface area (Å²) in [5, 5.41) is 0. The van der Waals surface area contributed by atoms with Gasteiger partial charge in [0, 0.05) is 18.1 Å². The van der Waals surface area contributed by atoms with Gasteiger partial charge in [0.25, 0.3) is 0 Å². The van der Waals surface area contributed by atoms with E-state index in [-0.39, 0.29) is 0 Å². The molecule has 0 aliphatic carbocycles. The van der Waals surface area contributed by atoms with E-state index in [0.717, 1.165) is 21.2 Å². The van der Waals surface area contributed by atoms with Crippen LogP contribution in [0.3, 0.4) is 0 Å². The Labute approximate surface area is 134 Å². The lowest BCUT2D eigenvalue weighted by atomic mass is 10.1. The first-order chi connectivity index (χ1) is 9.80. The Bertz CT molecular complexity index is 757. The highest BCUT2D eigenvalue weighted by atomic mass is 79.9. The van der Waals surface area contributed by atoms with Gasteiger partial charge < -0.3 is 0 Å². The number of aryl methyl sites for hydroxylation is 2. The maximum Gasteiger partial charge on any atom is 0.243 e. The Morgan fingerprint density at radius 3 is 2.48 bits per heavy atom. The first kappa shape index (κ1) is 16.2. The summed E-state index contributed by atoms with van der Waals surface area (Å²) in [7, 11) is -1.89. The summed E-state index contributed by atoms with van der Waals surface area (Å²) >= 11 is 3.33. The highest BCUT2D eigenvalue weighted by Crippen LogP contribution is 2.24. The summed E-state index contributed by atoms with van der Waals surface area (Å²) in [4.78, 5) is 0.340. The van der Waals surface area contributed by atoms with Crippen molar-refractivity contribution in [3.05, 3.63) is 63.6 Å². The number of nitrogens with zero attached hydrogens (tertiary/aromatic N) is 1. The third-order valence-electron chi connectivity index (χ3n) is 3.33. The minimum atomic E-state index is -3.50. The van der Waals surface area contributed by atoms with Gasteiger partial charge in [0.2, 0.25) is 10.0 Å². The second kappa shape index (κ2) is 6.30. The molecule has 0 unspecified atom stereocenters. The normalized spacial score (nSPS) is 11.9. The molecule has 0 bridgehead atoms. The van der Waals surface area contributed by atoms with E-state index in [4.69, 9.17) is 0 Å². The Morgan fingerprint density at radius 2 is 1.81 bits per heavy atom. The molecule has 0 radical (unpaired) electrons. The molecule has 0 aliphatic rings. The molecular formula is C16H18BrNO2S. The fourth-order valence-corrected chi connectivity index (χ4v) is 4.09. The van der Waals surface area contributed by atoms with Crippen LogP contribution in [0.5, 0.6) is 0 Å². The molecule has 5 heteroatoms. The van der Waals surface area contributed by atoms with Crippen LogP contribution in [0.25, 0.3) is 0 Å². The summed E-state index contributed by atoms with van der Waals surface area (Å²) < 4.78 is 27.5. The van der Waals surface area contributed by atoms with Gasteiger partial charge in [-0.05, 0) is 37.1 Å². The van der Waals surface area contributed by atoms with Crippen molar-refractivity contribution in [1.29, 1.82) is 0 Å². The van der Waals surface area contributed by atoms with Crippen molar-refractivity contribution >= 4 is 26.0 Å². The van der Waals surface area contributed by atoms with E-state index in [9.17, 15) is 8.42 Å². The lowest BCUT2D eigenvalue weighted by Crippen LogP contribution is -2.27. The van der Waals surface area contributed by atoms with Gasteiger partial charge in [0.05, 0.1) is 4.90 Å². The van der Waals surface area contributed by atoms with Crippen molar-refractivity contribution < 1.29 is 8.42 Å². The summed E-state index contributed by atoms with van der Waals surface area (Å²) in [5.74, 6) is 0. The average molecular weight is 368 g/mol. The molecule has 0 aliphatic heterocycles. The first-order valence-electron chi connectivity index (χ1n) is 6.59. The predicted octanol–water partition coefficient (Wildman–Crippen LogP) is 3.89. The molecule has 2 aromatic carbocycles. The van der Waals surface area contributed by atoms with Crippen molar-refractivity contribution in [2.24, 2.45) is 0 Å². The third-order valence-corrected chi connectivity index (χ3v) is 5.76. The fraction of sp³-hybridized carbons (Fsp3) is 0.250. The number of sulfonamides is 1. The third kappa shape index (κ3) is 3.73. The highest BCUT2D eigenvalue weighted by molar-refractivity contribution is 9.10. The van der Waals surface area contributed by atoms with Crippen LogP contribution >= 0.6 is 15.9 Å². The molecule has 0 heterocycles. The zero-order valence-corrected chi connectivity index (χ0v) is 14.7. The standard InChI is InChI=1S/C16H18BrNO2S/c1-12-5-4-6-14(9-12)11-18(3)21(19,20)16-10-15(17)8-7-13(16)2/h4-10H,11H2,1-3H3. The van der Waals surface area contributed by atoms with E-state index in [1.165, 1.54) is 4.31 Å². The predicted molar refractivity (Wildman–Crippen MR) is 88.7 cm³/mol. The summed E-state index contributed by atoms with van der Waals surface area (Å²) in [5.41, 5.74) is 2.85. The van der Waals surface area contributed by atoms with Crippen molar-refractivity contribution in [1.82, 2.24) is 4.31 Å². The minimum Gasteiger partial charge on any atom is -0.207 e. The monoisotopic (exact) mass is 367 g/mol. The second-order valence-electron chi connectivity index (χ2n) is 5.16. The maximum atomic E-state index is 12.7. The van der Waals surface area contributed by atoms with Crippen LogP contribution in [-0.2, 0) is 16.6 Å². The smallest absolute Gasteiger partial charge is 0.207 e. The molecule has 0 saturated carbocycles. The molecule has 112 valence electrons. The molecule has 0 N–H and O–H groups in total. The van der Waals surface area contributed by atoms with Gasteiger partial charge in [0.1, 0.15) is 0 Å². The van der Waals surface area contributed by atoms with E-state index in [1.807, 2.05) is 37.3 Å². The molecule has 0 amide bonds. The summed E-state index contributed by atoms with van der Waals surface area (Å²) in [6, 6.07) is 13.2. The fourth-order valence-electron chi connectivity index (χ4n) is 2.17. The Kier molecular flexibility index (Phi) is 4.86. The number of hydrogen-bond donors (Lipinski definition) is 0. The van der Waals surface area contributed by atoms with Gasteiger partial charge in [-0.1, -0.05) is 51.8 Å². The van der Waals surface area contributed by atoms with E-state index in [0.29, 0.717) is 11.4 Å². The zero-order chi connectivity index (χ0) is 15.6. The molecule has 2 rings (SSSR count). The molecule has 0 aromatic heterocycles. The number of halogens is 1. The maximum absolute atomic E-state index is 12.7. The van der Waals surface area contributed by atoms with E-state index < -0.39 is 10.0 Å². The Balaban J connectivity index is 2.33. The first-order valence-corrected chi connectivity index (χ1v) is 8.82. The van der Waals surface area contributed by atoms with Crippen LogP contribution in [-0.4, -0.2) is 19.8 Å². The molecule has 0 saturated heterocycles. The van der Waals surface area contributed by atoms with Gasteiger partial charge in [-0.25, -0.2) is 8.42 Å². The van der Waals surface area contributed by atoms with Crippen LogP contribution in [0.4, 0.5) is 0 Å². The number of rotatable bonds is 4. The molecule has 21 heavy (non-hydrogen) atoms. The van der Waals surface area contributed by atoms with E-state index in [1.54, 1.807) is 26.1 Å². The topological polar surface area (TPSA) is 37.4 Å². The van der Waals surface area contributed by atoms with Gasteiger partial charge >= 0.3 is 0 Å². The van der Waals surface area contributed by atoms with E-state index in [2.05, 4.69) is 15.9 Å². The summed E-state index contributed by atoms with van der Waals surface area (Å²) in [6.45, 7) is 4.16. The van der Waals surface area contributed by atoms with Crippen molar-refractivity contribution in [3.63, 3.8) is 0 Å². The van der Waals surface area contributed by atoms with Crippen LogP contribution in [0, 0.1) is 13.8 Å². The van der Waals surface area contributed by atoms with Gasteiger partial charge in [-0.15, -0.1) is 0 Å². The highest BCUT2D eigenvalue weighted by Gasteiger charge is 2.23. The van der Waals surface area contributed by atoms with Crippen LogP contribution in [0.15, 0.2) is 51.8 Å². The van der Waals surface area contributed by atoms with Crippen LogP contribution < -0.4 is 0 Å². The van der Waals surface area contributed by atoms with Crippen LogP contribution in [0.2, 0.25) is 0 Å². The lowest BCUT2D eigenvalue weighted by Gasteiger charge is -2.19. The largest absolute Gasteiger partial charge is 0.243 e. The molecular weight excluding hydrogens is 350 g/mol. The van der Waals surface area contributed by atoms with E-state index >= 15 is 0 Å². The molecule has 0 fully saturated rings. The Morgan fingerprint density at radius 1 is 1.10 bits per heavy atom. The van der Waals surface area contributed by atoms with Crippen LogP contribution in [0.1, 0.15) is 16.7 Å². The summed E-state index contributed by atoms with van der Waals surface area (Å²) in [6.07, 6.45) is 0. The number of hydrogen-bond acceptors (Lipinski definition) is 2. The van der Waals surface area contributed by atoms with Crippen molar-refractivity contribution in [3.8, 4) is 0 Å².